The first-order valence-electron chi connectivity index (χ1n) is 3.58. The Morgan fingerprint density at radius 1 is 1.75 bits per heavy atom. The van der Waals surface area contributed by atoms with Crippen LogP contribution in [0.15, 0.2) is 18.3 Å². The number of halogens is 1. The third-order valence-electron chi connectivity index (χ3n) is 1.63. The molecule has 0 radical (unpaired) electrons. The molecular formula is C8H11ClN2O. The molecule has 1 unspecified atom stereocenters. The van der Waals surface area contributed by atoms with Crippen LogP contribution in [0.1, 0.15) is 12.6 Å². The number of aromatic nitrogens is 1. The maximum Gasteiger partial charge on any atom is 0.0808 e. The molecule has 0 aliphatic rings. The topological polar surface area (TPSA) is 59.1 Å². The van der Waals surface area contributed by atoms with Crippen LogP contribution in [0.3, 0.4) is 0 Å². The Labute approximate surface area is 76.2 Å². The van der Waals surface area contributed by atoms with E-state index in [1.165, 1.54) is 0 Å². The van der Waals surface area contributed by atoms with Crippen LogP contribution in [0.5, 0.6) is 0 Å². The normalized spacial score (nSPS) is 15.7. The zero-order valence-electron chi connectivity index (χ0n) is 6.79. The smallest absolute Gasteiger partial charge is 0.0808 e. The molecule has 0 bridgehead atoms. The fraction of sp³-hybridized carbons (Fsp3) is 0.375. The molecule has 1 aromatic heterocycles. The van der Waals surface area contributed by atoms with Crippen molar-refractivity contribution in [1.29, 1.82) is 0 Å². The van der Waals surface area contributed by atoms with E-state index in [0.717, 1.165) is 0 Å². The first-order chi connectivity index (χ1) is 5.58. The standard InChI is InChI=1S/C8H11ClN2O/c1-8(10,5-12)7-6(9)3-2-4-11-7/h2-4,12H,5,10H2,1H3. The van der Waals surface area contributed by atoms with E-state index in [4.69, 9.17) is 22.4 Å². The molecule has 0 amide bonds. The van der Waals surface area contributed by atoms with Gasteiger partial charge in [-0.05, 0) is 19.1 Å². The van der Waals surface area contributed by atoms with Gasteiger partial charge in [-0.3, -0.25) is 4.98 Å². The summed E-state index contributed by atoms with van der Waals surface area (Å²) >= 11 is 5.83. The van der Waals surface area contributed by atoms with Crippen LogP contribution >= 0.6 is 11.6 Å². The number of rotatable bonds is 2. The number of nitrogens with two attached hydrogens (primary N) is 1. The lowest BCUT2D eigenvalue weighted by molar-refractivity contribution is 0.207. The molecular weight excluding hydrogens is 176 g/mol. The van der Waals surface area contributed by atoms with Crippen molar-refractivity contribution in [3.05, 3.63) is 29.0 Å². The van der Waals surface area contributed by atoms with Crippen molar-refractivity contribution in [2.75, 3.05) is 6.61 Å². The van der Waals surface area contributed by atoms with Crippen LogP contribution in [0.2, 0.25) is 5.02 Å². The van der Waals surface area contributed by atoms with E-state index in [1.807, 2.05) is 0 Å². The number of pyridine rings is 1. The number of aliphatic hydroxyl groups is 1. The average Bonchev–Trinajstić information content (AvgIpc) is 2.05. The lowest BCUT2D eigenvalue weighted by Gasteiger charge is -2.21. The molecule has 66 valence electrons. The summed E-state index contributed by atoms with van der Waals surface area (Å²) in [7, 11) is 0. The highest BCUT2D eigenvalue weighted by Crippen LogP contribution is 2.22. The lowest BCUT2D eigenvalue weighted by Crippen LogP contribution is -2.38. The van der Waals surface area contributed by atoms with E-state index in [1.54, 1.807) is 25.3 Å². The Morgan fingerprint density at radius 2 is 2.42 bits per heavy atom. The van der Waals surface area contributed by atoms with Gasteiger partial charge in [-0.15, -0.1) is 0 Å². The largest absolute Gasteiger partial charge is 0.394 e. The number of nitrogens with zero attached hydrogens (tertiary/aromatic N) is 1. The molecule has 0 aliphatic heterocycles. The van der Waals surface area contributed by atoms with Crippen molar-refractivity contribution in [3.8, 4) is 0 Å². The molecule has 0 aromatic carbocycles. The van der Waals surface area contributed by atoms with Crippen molar-refractivity contribution in [2.24, 2.45) is 5.73 Å². The summed E-state index contributed by atoms with van der Waals surface area (Å²) in [6.07, 6.45) is 1.60. The van der Waals surface area contributed by atoms with Crippen molar-refractivity contribution in [1.82, 2.24) is 4.98 Å². The lowest BCUT2D eigenvalue weighted by atomic mass is 10.00. The van der Waals surface area contributed by atoms with Crippen molar-refractivity contribution in [3.63, 3.8) is 0 Å². The average molecular weight is 187 g/mol. The molecule has 4 heteroatoms. The summed E-state index contributed by atoms with van der Waals surface area (Å²) < 4.78 is 0. The Morgan fingerprint density at radius 3 is 2.92 bits per heavy atom. The molecule has 0 saturated carbocycles. The molecule has 0 saturated heterocycles. The predicted octanol–water partition coefficient (Wildman–Crippen LogP) is 0.901. The first kappa shape index (κ1) is 9.45. The molecule has 1 atom stereocenters. The minimum absolute atomic E-state index is 0.177. The highest BCUT2D eigenvalue weighted by Gasteiger charge is 2.23. The SMILES string of the molecule is CC(N)(CO)c1ncccc1Cl. The fourth-order valence-corrected chi connectivity index (χ4v) is 1.22. The Bertz CT molecular complexity index is 276. The Hall–Kier alpha value is -0.640. The van der Waals surface area contributed by atoms with Crippen LogP contribution < -0.4 is 5.73 Å². The van der Waals surface area contributed by atoms with E-state index in [9.17, 15) is 0 Å². The van der Waals surface area contributed by atoms with Gasteiger partial charge in [0.05, 0.1) is 22.9 Å². The first-order valence-corrected chi connectivity index (χ1v) is 3.96. The molecule has 1 rings (SSSR count). The van der Waals surface area contributed by atoms with Crippen molar-refractivity contribution >= 4 is 11.6 Å². The second-order valence-corrected chi connectivity index (χ2v) is 3.32. The third kappa shape index (κ3) is 1.75. The molecule has 1 heterocycles. The molecule has 0 spiro atoms. The quantitative estimate of drug-likeness (QED) is 0.722. The minimum Gasteiger partial charge on any atom is -0.394 e. The maximum absolute atomic E-state index is 8.95. The summed E-state index contributed by atoms with van der Waals surface area (Å²) in [4.78, 5) is 4.00. The van der Waals surface area contributed by atoms with Gasteiger partial charge in [0.25, 0.3) is 0 Å². The van der Waals surface area contributed by atoms with Crippen LogP contribution in [-0.4, -0.2) is 16.7 Å². The van der Waals surface area contributed by atoms with E-state index < -0.39 is 5.54 Å². The van der Waals surface area contributed by atoms with Gasteiger partial charge >= 0.3 is 0 Å². The van der Waals surface area contributed by atoms with Gasteiger partial charge < -0.3 is 10.8 Å². The van der Waals surface area contributed by atoms with Gasteiger partial charge in [-0.25, -0.2) is 0 Å². The van der Waals surface area contributed by atoms with Crippen LogP contribution in [0.4, 0.5) is 0 Å². The van der Waals surface area contributed by atoms with Gasteiger partial charge in [-0.2, -0.15) is 0 Å². The van der Waals surface area contributed by atoms with Crippen molar-refractivity contribution < 1.29 is 5.11 Å². The summed E-state index contributed by atoms with van der Waals surface area (Å²) in [5, 5.41) is 9.43. The number of hydrogen-bond donors (Lipinski definition) is 2. The summed E-state index contributed by atoms with van der Waals surface area (Å²) in [5.74, 6) is 0. The summed E-state index contributed by atoms with van der Waals surface area (Å²) in [6.45, 7) is 1.50. The molecule has 3 N–H and O–H groups in total. The van der Waals surface area contributed by atoms with Gasteiger partial charge in [-0.1, -0.05) is 11.6 Å². The Kier molecular flexibility index (Phi) is 2.67. The van der Waals surface area contributed by atoms with Gasteiger partial charge in [0.2, 0.25) is 0 Å². The van der Waals surface area contributed by atoms with E-state index in [-0.39, 0.29) is 6.61 Å². The minimum atomic E-state index is -0.863. The maximum atomic E-state index is 8.95. The van der Waals surface area contributed by atoms with E-state index >= 15 is 0 Å². The summed E-state index contributed by atoms with van der Waals surface area (Å²) in [6, 6.07) is 3.42. The van der Waals surface area contributed by atoms with Crippen molar-refractivity contribution in [2.45, 2.75) is 12.5 Å². The molecule has 0 aliphatic carbocycles. The number of aliphatic hydroxyl groups excluding tert-OH is 1. The highest BCUT2D eigenvalue weighted by atomic mass is 35.5. The van der Waals surface area contributed by atoms with E-state index in [0.29, 0.717) is 10.7 Å². The third-order valence-corrected chi connectivity index (χ3v) is 1.93. The zero-order chi connectivity index (χ0) is 9.19. The molecule has 0 fully saturated rings. The van der Waals surface area contributed by atoms with Gasteiger partial charge in [0, 0.05) is 6.20 Å². The van der Waals surface area contributed by atoms with Crippen LogP contribution in [-0.2, 0) is 5.54 Å². The van der Waals surface area contributed by atoms with Gasteiger partial charge in [0.1, 0.15) is 0 Å². The van der Waals surface area contributed by atoms with E-state index in [2.05, 4.69) is 4.98 Å². The number of hydrogen-bond acceptors (Lipinski definition) is 3. The van der Waals surface area contributed by atoms with Crippen LogP contribution in [0.25, 0.3) is 0 Å². The Balaban J connectivity index is 3.10. The second kappa shape index (κ2) is 3.39. The van der Waals surface area contributed by atoms with Crippen LogP contribution in [0, 0.1) is 0 Å². The zero-order valence-corrected chi connectivity index (χ0v) is 7.54. The molecule has 12 heavy (non-hydrogen) atoms. The molecule has 3 nitrogen and oxygen atoms in total. The van der Waals surface area contributed by atoms with Gasteiger partial charge in [0.15, 0.2) is 0 Å². The summed E-state index contributed by atoms with van der Waals surface area (Å²) in [5.41, 5.74) is 5.40. The second-order valence-electron chi connectivity index (χ2n) is 2.91. The fourth-order valence-electron chi connectivity index (χ4n) is 0.881. The monoisotopic (exact) mass is 186 g/mol. The predicted molar refractivity (Wildman–Crippen MR) is 47.9 cm³/mol. The highest BCUT2D eigenvalue weighted by molar-refractivity contribution is 6.31. The molecule has 1 aromatic rings.